The van der Waals surface area contributed by atoms with Crippen LogP contribution in [0.15, 0.2) is 0 Å². The smallest absolute Gasteiger partial charge is 0.239 e. The summed E-state index contributed by atoms with van der Waals surface area (Å²) in [6.07, 6.45) is 4.90. The molecule has 1 amide bonds. The summed E-state index contributed by atoms with van der Waals surface area (Å²) in [7, 11) is 0. The second kappa shape index (κ2) is 4.28. The van der Waals surface area contributed by atoms with E-state index in [1.165, 1.54) is 25.7 Å². The summed E-state index contributed by atoms with van der Waals surface area (Å²) in [5.41, 5.74) is 0. The van der Waals surface area contributed by atoms with Crippen LogP contribution in [0.3, 0.4) is 0 Å². The van der Waals surface area contributed by atoms with Crippen molar-refractivity contribution >= 4 is 5.91 Å². The Morgan fingerprint density at radius 2 is 2.14 bits per heavy atom. The van der Waals surface area contributed by atoms with E-state index in [1.54, 1.807) is 0 Å². The van der Waals surface area contributed by atoms with Gasteiger partial charge in [-0.15, -0.1) is 0 Å². The van der Waals surface area contributed by atoms with E-state index >= 15 is 0 Å². The summed E-state index contributed by atoms with van der Waals surface area (Å²) < 4.78 is 0. The molecule has 1 saturated carbocycles. The van der Waals surface area contributed by atoms with Crippen LogP contribution in [0.1, 0.15) is 25.7 Å². The summed E-state index contributed by atoms with van der Waals surface area (Å²) >= 11 is 0. The molecule has 14 heavy (non-hydrogen) atoms. The molecule has 1 unspecified atom stereocenters. The van der Waals surface area contributed by atoms with E-state index in [2.05, 4.69) is 10.2 Å². The maximum atomic E-state index is 11.5. The van der Waals surface area contributed by atoms with E-state index in [9.17, 15) is 9.90 Å². The molecule has 0 aromatic heterocycles. The summed E-state index contributed by atoms with van der Waals surface area (Å²) in [5.74, 6) is -0.00866. The minimum atomic E-state index is -0.299. The fourth-order valence-corrected chi connectivity index (χ4v) is 2.59. The number of hydrogen-bond donors (Lipinski definition) is 2. The number of carbonyl (C=O) groups is 1. The molecule has 0 aromatic rings. The number of aliphatic hydroxyl groups excluding tert-OH is 1. The molecule has 80 valence electrons. The standard InChI is InChI=1S/C10H18N2O2/c13-7-9-10(14)11-5-6-12(9)8-3-1-2-4-8/h8-9,13H,1-7H2,(H,11,14). The van der Waals surface area contributed by atoms with Gasteiger partial charge in [-0.3, -0.25) is 9.69 Å². The molecule has 2 fully saturated rings. The Balaban J connectivity index is 2.03. The summed E-state index contributed by atoms with van der Waals surface area (Å²) in [6.45, 7) is 1.57. The summed E-state index contributed by atoms with van der Waals surface area (Å²) in [6, 6.07) is 0.227. The van der Waals surface area contributed by atoms with Crippen molar-refractivity contribution in [2.24, 2.45) is 0 Å². The van der Waals surface area contributed by atoms with E-state index < -0.39 is 0 Å². The second-order valence-electron chi connectivity index (χ2n) is 4.17. The number of nitrogens with zero attached hydrogens (tertiary/aromatic N) is 1. The molecule has 0 aromatic carbocycles. The van der Waals surface area contributed by atoms with Gasteiger partial charge in [0.05, 0.1) is 6.61 Å². The maximum Gasteiger partial charge on any atom is 0.239 e. The zero-order chi connectivity index (χ0) is 9.97. The first kappa shape index (κ1) is 9.93. The van der Waals surface area contributed by atoms with Gasteiger partial charge < -0.3 is 10.4 Å². The molecule has 1 atom stereocenters. The molecule has 4 nitrogen and oxygen atoms in total. The van der Waals surface area contributed by atoms with Crippen molar-refractivity contribution in [3.05, 3.63) is 0 Å². The van der Waals surface area contributed by atoms with E-state index in [4.69, 9.17) is 0 Å². The quantitative estimate of drug-likeness (QED) is 0.642. The Morgan fingerprint density at radius 3 is 2.79 bits per heavy atom. The first-order chi connectivity index (χ1) is 6.83. The fraction of sp³-hybridized carbons (Fsp3) is 0.900. The van der Waals surface area contributed by atoms with E-state index in [1.807, 2.05) is 0 Å². The number of rotatable bonds is 2. The topological polar surface area (TPSA) is 52.6 Å². The summed E-state index contributed by atoms with van der Waals surface area (Å²) in [4.78, 5) is 13.7. The van der Waals surface area contributed by atoms with Crippen LogP contribution >= 0.6 is 0 Å². The number of nitrogens with one attached hydrogen (secondary N) is 1. The lowest BCUT2D eigenvalue weighted by molar-refractivity contribution is -0.132. The van der Waals surface area contributed by atoms with Crippen molar-refractivity contribution in [2.45, 2.75) is 37.8 Å². The Kier molecular flexibility index (Phi) is 3.03. The van der Waals surface area contributed by atoms with Gasteiger partial charge in [0, 0.05) is 19.1 Å². The monoisotopic (exact) mass is 198 g/mol. The Hall–Kier alpha value is -0.610. The van der Waals surface area contributed by atoms with E-state index in [-0.39, 0.29) is 18.6 Å². The first-order valence-corrected chi connectivity index (χ1v) is 5.47. The largest absolute Gasteiger partial charge is 0.394 e. The van der Waals surface area contributed by atoms with Gasteiger partial charge in [0.1, 0.15) is 6.04 Å². The Morgan fingerprint density at radius 1 is 1.43 bits per heavy atom. The zero-order valence-electron chi connectivity index (χ0n) is 8.41. The molecule has 0 radical (unpaired) electrons. The number of piperazine rings is 1. The SMILES string of the molecule is O=C1NCCN(C2CCCC2)C1CO. The number of hydrogen-bond acceptors (Lipinski definition) is 3. The van der Waals surface area contributed by atoms with Crippen molar-refractivity contribution in [1.82, 2.24) is 10.2 Å². The molecule has 2 N–H and O–H groups in total. The normalized spacial score (nSPS) is 30.6. The van der Waals surface area contributed by atoms with Gasteiger partial charge in [-0.05, 0) is 12.8 Å². The molecule has 1 aliphatic carbocycles. The van der Waals surface area contributed by atoms with Crippen LogP contribution in [0.5, 0.6) is 0 Å². The van der Waals surface area contributed by atoms with Gasteiger partial charge in [0.2, 0.25) is 5.91 Å². The predicted molar refractivity (Wildman–Crippen MR) is 52.8 cm³/mol. The first-order valence-electron chi connectivity index (χ1n) is 5.47. The molecule has 0 bridgehead atoms. The second-order valence-corrected chi connectivity index (χ2v) is 4.17. The highest BCUT2D eigenvalue weighted by Crippen LogP contribution is 2.25. The molecule has 1 saturated heterocycles. The molecule has 2 rings (SSSR count). The highest BCUT2D eigenvalue weighted by atomic mass is 16.3. The zero-order valence-corrected chi connectivity index (χ0v) is 8.41. The number of carbonyl (C=O) groups excluding carboxylic acids is 1. The average molecular weight is 198 g/mol. The molecule has 1 aliphatic heterocycles. The lowest BCUT2D eigenvalue weighted by Gasteiger charge is -2.38. The molecular formula is C10H18N2O2. The number of aliphatic hydroxyl groups is 1. The van der Waals surface area contributed by atoms with Crippen LogP contribution in [-0.2, 0) is 4.79 Å². The fourth-order valence-electron chi connectivity index (χ4n) is 2.59. The van der Waals surface area contributed by atoms with Crippen molar-refractivity contribution in [3.63, 3.8) is 0 Å². The minimum absolute atomic E-state index is 0.00866. The van der Waals surface area contributed by atoms with Crippen molar-refractivity contribution in [3.8, 4) is 0 Å². The summed E-state index contributed by atoms with van der Waals surface area (Å²) in [5, 5.41) is 12.0. The third-order valence-electron chi connectivity index (χ3n) is 3.34. The lowest BCUT2D eigenvalue weighted by Crippen LogP contribution is -2.59. The Bertz CT molecular complexity index is 214. The van der Waals surface area contributed by atoms with Crippen LogP contribution in [0.2, 0.25) is 0 Å². The van der Waals surface area contributed by atoms with Crippen LogP contribution < -0.4 is 5.32 Å². The van der Waals surface area contributed by atoms with Gasteiger partial charge >= 0.3 is 0 Å². The highest BCUT2D eigenvalue weighted by Gasteiger charge is 2.34. The van der Waals surface area contributed by atoms with Gasteiger partial charge in [0.15, 0.2) is 0 Å². The van der Waals surface area contributed by atoms with E-state index in [0.717, 1.165) is 13.1 Å². The highest BCUT2D eigenvalue weighted by molar-refractivity contribution is 5.82. The molecule has 0 spiro atoms. The molecule has 1 heterocycles. The average Bonchev–Trinajstić information content (AvgIpc) is 2.70. The van der Waals surface area contributed by atoms with Crippen LogP contribution in [0.25, 0.3) is 0 Å². The third-order valence-corrected chi connectivity index (χ3v) is 3.34. The van der Waals surface area contributed by atoms with Gasteiger partial charge in [0.25, 0.3) is 0 Å². The molecular weight excluding hydrogens is 180 g/mol. The van der Waals surface area contributed by atoms with Gasteiger partial charge in [-0.1, -0.05) is 12.8 Å². The third kappa shape index (κ3) is 1.77. The van der Waals surface area contributed by atoms with Crippen LogP contribution in [0.4, 0.5) is 0 Å². The van der Waals surface area contributed by atoms with Gasteiger partial charge in [-0.25, -0.2) is 0 Å². The minimum Gasteiger partial charge on any atom is -0.394 e. The van der Waals surface area contributed by atoms with E-state index in [0.29, 0.717) is 6.04 Å². The lowest BCUT2D eigenvalue weighted by atomic mass is 10.1. The van der Waals surface area contributed by atoms with Crippen molar-refractivity contribution in [1.29, 1.82) is 0 Å². The van der Waals surface area contributed by atoms with Crippen LogP contribution in [0, 0.1) is 0 Å². The Labute approximate surface area is 84.3 Å². The number of amides is 1. The van der Waals surface area contributed by atoms with Crippen LogP contribution in [-0.4, -0.2) is 47.7 Å². The van der Waals surface area contributed by atoms with Crippen molar-refractivity contribution < 1.29 is 9.90 Å². The maximum absolute atomic E-state index is 11.5. The molecule has 4 heteroatoms. The van der Waals surface area contributed by atoms with Gasteiger partial charge in [-0.2, -0.15) is 0 Å². The molecule has 2 aliphatic rings. The van der Waals surface area contributed by atoms with Crippen molar-refractivity contribution in [2.75, 3.05) is 19.7 Å². The predicted octanol–water partition coefficient (Wildman–Crippen LogP) is -0.278.